The highest BCUT2D eigenvalue weighted by molar-refractivity contribution is 5.91. The summed E-state index contributed by atoms with van der Waals surface area (Å²) in [6.45, 7) is 7.81. The van der Waals surface area contributed by atoms with Crippen molar-refractivity contribution in [3.8, 4) is 5.75 Å². The fourth-order valence-corrected chi connectivity index (χ4v) is 4.93. The van der Waals surface area contributed by atoms with E-state index in [9.17, 15) is 4.79 Å². The molecule has 2 aliphatic rings. The molecular formula is C27H34N2O2. The van der Waals surface area contributed by atoms with Gasteiger partial charge in [0, 0.05) is 11.1 Å². The Hall–Kier alpha value is -2.75. The molecule has 1 saturated heterocycles. The zero-order valence-corrected chi connectivity index (χ0v) is 19.0. The Morgan fingerprint density at radius 2 is 1.77 bits per heavy atom. The van der Waals surface area contributed by atoms with Crippen molar-refractivity contribution in [1.29, 1.82) is 0 Å². The van der Waals surface area contributed by atoms with Crippen LogP contribution in [0.4, 0.5) is 5.69 Å². The summed E-state index contributed by atoms with van der Waals surface area (Å²) in [4.78, 5) is 14.6. The third-order valence-corrected chi connectivity index (χ3v) is 6.79. The number of amides is 1. The van der Waals surface area contributed by atoms with E-state index in [1.165, 1.54) is 31.2 Å². The van der Waals surface area contributed by atoms with Crippen molar-refractivity contribution in [1.82, 2.24) is 5.32 Å². The zero-order chi connectivity index (χ0) is 21.9. The maximum atomic E-state index is 12.4. The number of carbonyl (C=O) groups is 1. The third kappa shape index (κ3) is 3.96. The Bertz CT molecular complexity index is 948. The lowest BCUT2D eigenvalue weighted by Crippen LogP contribution is -2.58. The molecule has 0 aromatic heterocycles. The van der Waals surface area contributed by atoms with Gasteiger partial charge in [0.05, 0.1) is 13.2 Å². The average Bonchev–Trinajstić information content (AvgIpc) is 3.20. The predicted octanol–water partition coefficient (Wildman–Crippen LogP) is 5.67. The van der Waals surface area contributed by atoms with Crippen LogP contribution in [0.2, 0.25) is 0 Å². The first-order chi connectivity index (χ1) is 15.0. The van der Waals surface area contributed by atoms with Crippen LogP contribution in [0.1, 0.15) is 64.0 Å². The standard InChI is InChI=1S/C27H34N2O2/c1-4-5-6-7-10-19-31-22-15-13-21(14-16-22)17-18-27-26(2,3)23-11-8-9-12-24(23)29(27)20-25(30)28-27/h8-9,11-18H,4-7,10,19-20H2,1-3H3,(H,28,30). The number of hydrogen-bond donors (Lipinski definition) is 1. The van der Waals surface area contributed by atoms with Crippen molar-refractivity contribution in [2.75, 3.05) is 18.1 Å². The van der Waals surface area contributed by atoms with Crippen LogP contribution in [0.5, 0.6) is 5.75 Å². The summed E-state index contributed by atoms with van der Waals surface area (Å²) in [5, 5.41) is 3.27. The predicted molar refractivity (Wildman–Crippen MR) is 127 cm³/mol. The lowest BCUT2D eigenvalue weighted by molar-refractivity contribution is -0.118. The topological polar surface area (TPSA) is 41.6 Å². The number of unbranched alkanes of at least 4 members (excludes halogenated alkanes) is 4. The van der Waals surface area contributed by atoms with E-state index in [1.54, 1.807) is 0 Å². The molecule has 1 fully saturated rings. The van der Waals surface area contributed by atoms with Gasteiger partial charge in [-0.3, -0.25) is 4.79 Å². The summed E-state index contributed by atoms with van der Waals surface area (Å²) in [7, 11) is 0. The van der Waals surface area contributed by atoms with Crippen molar-refractivity contribution >= 4 is 17.7 Å². The minimum atomic E-state index is -0.554. The van der Waals surface area contributed by atoms with Gasteiger partial charge in [-0.1, -0.05) is 82.9 Å². The molecule has 1 atom stereocenters. The van der Waals surface area contributed by atoms with Gasteiger partial charge in [-0.15, -0.1) is 0 Å². The number of carbonyl (C=O) groups excluding carboxylic acids is 1. The summed E-state index contributed by atoms with van der Waals surface area (Å²) in [6.07, 6.45) is 10.5. The lowest BCUT2D eigenvalue weighted by atomic mass is 9.75. The molecule has 0 aliphatic carbocycles. The molecule has 2 aromatic rings. The van der Waals surface area contributed by atoms with E-state index in [1.807, 2.05) is 18.2 Å². The van der Waals surface area contributed by atoms with Crippen LogP contribution in [0.25, 0.3) is 6.08 Å². The van der Waals surface area contributed by atoms with Crippen molar-refractivity contribution < 1.29 is 9.53 Å². The SMILES string of the molecule is CCCCCCCOc1ccc(C=CC23NC(=O)CN2c2ccccc2C3(C)C)cc1. The van der Waals surface area contributed by atoms with Crippen molar-refractivity contribution in [3.63, 3.8) is 0 Å². The maximum Gasteiger partial charge on any atom is 0.241 e. The van der Waals surface area contributed by atoms with Gasteiger partial charge in [0.2, 0.25) is 5.91 Å². The fraction of sp³-hybridized carbons (Fsp3) is 0.444. The molecule has 4 rings (SSSR count). The summed E-state index contributed by atoms with van der Waals surface area (Å²) in [5.74, 6) is 0.977. The van der Waals surface area contributed by atoms with Gasteiger partial charge in [-0.2, -0.15) is 0 Å². The van der Waals surface area contributed by atoms with Crippen LogP contribution in [-0.2, 0) is 10.2 Å². The van der Waals surface area contributed by atoms with E-state index in [-0.39, 0.29) is 11.3 Å². The number of hydrogen-bond acceptors (Lipinski definition) is 3. The van der Waals surface area contributed by atoms with Crippen LogP contribution < -0.4 is 15.0 Å². The molecule has 4 heteroatoms. The van der Waals surface area contributed by atoms with Crippen molar-refractivity contribution in [2.45, 2.75) is 64.0 Å². The first-order valence-corrected chi connectivity index (χ1v) is 11.6. The second-order valence-corrected chi connectivity index (χ2v) is 9.21. The number of nitrogens with zero attached hydrogens (tertiary/aromatic N) is 1. The molecule has 1 amide bonds. The molecule has 2 aliphatic heterocycles. The highest BCUT2D eigenvalue weighted by atomic mass is 16.5. The summed E-state index contributed by atoms with van der Waals surface area (Å²) in [6, 6.07) is 16.6. The van der Waals surface area contributed by atoms with Gasteiger partial charge < -0.3 is 15.0 Å². The van der Waals surface area contributed by atoms with Crippen molar-refractivity contribution in [3.05, 3.63) is 65.7 Å². The number of para-hydroxylation sites is 1. The number of rotatable bonds is 9. The van der Waals surface area contributed by atoms with Gasteiger partial charge in [0.25, 0.3) is 0 Å². The highest BCUT2D eigenvalue weighted by Crippen LogP contribution is 2.52. The zero-order valence-electron chi connectivity index (χ0n) is 19.0. The smallest absolute Gasteiger partial charge is 0.241 e. The quantitative estimate of drug-likeness (QED) is 0.533. The number of fused-ring (bicyclic) bond motifs is 3. The Kier molecular flexibility index (Phi) is 6.08. The number of ether oxygens (including phenoxy) is 1. The average molecular weight is 419 g/mol. The number of benzene rings is 2. The monoisotopic (exact) mass is 418 g/mol. The fourth-order valence-electron chi connectivity index (χ4n) is 4.93. The molecule has 1 N–H and O–H groups in total. The summed E-state index contributed by atoms with van der Waals surface area (Å²) in [5.41, 5.74) is 2.70. The Morgan fingerprint density at radius 1 is 1.03 bits per heavy atom. The van der Waals surface area contributed by atoms with E-state index in [2.05, 4.69) is 73.5 Å². The van der Waals surface area contributed by atoms with Gasteiger partial charge in [0.15, 0.2) is 0 Å². The second-order valence-electron chi connectivity index (χ2n) is 9.21. The first kappa shape index (κ1) is 21.5. The van der Waals surface area contributed by atoms with E-state index < -0.39 is 5.66 Å². The van der Waals surface area contributed by atoms with E-state index in [0.29, 0.717) is 6.54 Å². The molecule has 31 heavy (non-hydrogen) atoms. The normalized spacial score (nSPS) is 21.3. The minimum Gasteiger partial charge on any atom is -0.494 e. The minimum absolute atomic E-state index is 0.0647. The molecule has 0 spiro atoms. The molecule has 0 saturated carbocycles. The van der Waals surface area contributed by atoms with Crippen LogP contribution in [0.15, 0.2) is 54.6 Å². The van der Waals surface area contributed by atoms with Gasteiger partial charge in [0.1, 0.15) is 11.4 Å². The molecule has 4 nitrogen and oxygen atoms in total. The molecule has 0 radical (unpaired) electrons. The molecule has 1 unspecified atom stereocenters. The Labute approximate surface area is 186 Å². The van der Waals surface area contributed by atoms with Crippen LogP contribution in [0.3, 0.4) is 0 Å². The molecular weight excluding hydrogens is 384 g/mol. The molecule has 2 heterocycles. The highest BCUT2D eigenvalue weighted by Gasteiger charge is 2.59. The van der Waals surface area contributed by atoms with E-state index in [0.717, 1.165) is 30.0 Å². The number of nitrogens with one attached hydrogen (secondary N) is 1. The largest absolute Gasteiger partial charge is 0.494 e. The van der Waals surface area contributed by atoms with Crippen molar-refractivity contribution in [2.24, 2.45) is 0 Å². The first-order valence-electron chi connectivity index (χ1n) is 11.6. The van der Waals surface area contributed by atoms with Gasteiger partial charge in [-0.05, 0) is 41.8 Å². The lowest BCUT2D eigenvalue weighted by Gasteiger charge is -2.40. The Morgan fingerprint density at radius 3 is 2.55 bits per heavy atom. The maximum absolute atomic E-state index is 12.4. The Balaban J connectivity index is 1.46. The molecule has 164 valence electrons. The molecule has 0 bridgehead atoms. The van der Waals surface area contributed by atoms with E-state index >= 15 is 0 Å². The van der Waals surface area contributed by atoms with Gasteiger partial charge >= 0.3 is 0 Å². The van der Waals surface area contributed by atoms with Crippen LogP contribution >= 0.6 is 0 Å². The third-order valence-electron chi connectivity index (χ3n) is 6.79. The molecule has 2 aromatic carbocycles. The summed E-state index contributed by atoms with van der Waals surface area (Å²) < 4.78 is 5.89. The van der Waals surface area contributed by atoms with E-state index in [4.69, 9.17) is 4.74 Å². The van der Waals surface area contributed by atoms with Crippen LogP contribution in [-0.4, -0.2) is 24.7 Å². The second kappa shape index (κ2) is 8.78. The summed E-state index contributed by atoms with van der Waals surface area (Å²) >= 11 is 0. The number of anilines is 1. The van der Waals surface area contributed by atoms with Gasteiger partial charge in [-0.25, -0.2) is 0 Å². The van der Waals surface area contributed by atoms with Crippen LogP contribution in [0, 0.1) is 0 Å².